The minimum absolute atomic E-state index is 0.0386. The van der Waals surface area contributed by atoms with Crippen molar-refractivity contribution in [3.63, 3.8) is 0 Å². The van der Waals surface area contributed by atoms with Crippen molar-refractivity contribution in [2.75, 3.05) is 20.3 Å². The zero-order valence-electron chi connectivity index (χ0n) is 9.52. The third-order valence-electron chi connectivity index (χ3n) is 2.02. The van der Waals surface area contributed by atoms with E-state index in [4.69, 9.17) is 4.74 Å². The molecular weight excluding hydrogens is 230 g/mol. The predicted molar refractivity (Wildman–Crippen MR) is 55.0 cm³/mol. The van der Waals surface area contributed by atoms with Crippen LogP contribution in [0.25, 0.3) is 0 Å². The number of alkyl carbamates (subject to hydrolysis) is 1. The minimum Gasteiger partial charge on any atom is -0.466 e. The molecule has 0 aromatic heterocycles. The van der Waals surface area contributed by atoms with Gasteiger partial charge >= 0.3 is 18.0 Å². The third kappa shape index (κ3) is 4.13. The molecule has 1 heterocycles. The first-order valence-electron chi connectivity index (χ1n) is 4.83. The molecule has 1 unspecified atom stereocenters. The van der Waals surface area contributed by atoms with Crippen molar-refractivity contribution in [1.82, 2.24) is 5.32 Å². The number of hydrogen-bond acceptors (Lipinski definition) is 6. The molecule has 0 bridgehead atoms. The molecule has 1 aliphatic heterocycles. The summed E-state index contributed by atoms with van der Waals surface area (Å²) in [5.74, 6) is -1.34. The SMILES string of the molecule is COC(=O)/C=C/C(=O)OCC1(C)COC(=O)N1. The summed E-state index contributed by atoms with van der Waals surface area (Å²) in [6.07, 6.45) is 1.36. The number of hydrogen-bond donors (Lipinski definition) is 1. The van der Waals surface area contributed by atoms with Crippen LogP contribution in [-0.4, -0.2) is 43.9 Å². The molecule has 1 aliphatic rings. The average molecular weight is 243 g/mol. The molecule has 94 valence electrons. The lowest BCUT2D eigenvalue weighted by Crippen LogP contribution is -2.45. The highest BCUT2D eigenvalue weighted by molar-refractivity contribution is 5.91. The van der Waals surface area contributed by atoms with Gasteiger partial charge in [-0.2, -0.15) is 0 Å². The van der Waals surface area contributed by atoms with E-state index in [0.717, 1.165) is 12.2 Å². The molecule has 0 spiro atoms. The van der Waals surface area contributed by atoms with Gasteiger partial charge in [-0.15, -0.1) is 0 Å². The van der Waals surface area contributed by atoms with Crippen molar-refractivity contribution in [2.24, 2.45) is 0 Å². The second-order valence-corrected chi connectivity index (χ2v) is 3.73. The van der Waals surface area contributed by atoms with Gasteiger partial charge in [0.2, 0.25) is 0 Å². The highest BCUT2D eigenvalue weighted by atomic mass is 16.6. The fraction of sp³-hybridized carbons (Fsp3) is 0.500. The highest BCUT2D eigenvalue weighted by Crippen LogP contribution is 2.12. The zero-order chi connectivity index (χ0) is 12.9. The Labute approximate surface area is 97.7 Å². The van der Waals surface area contributed by atoms with Gasteiger partial charge in [0.1, 0.15) is 18.8 Å². The lowest BCUT2D eigenvalue weighted by atomic mass is 10.1. The van der Waals surface area contributed by atoms with E-state index in [1.165, 1.54) is 7.11 Å². The molecule has 0 aromatic rings. The Morgan fingerprint density at radius 3 is 2.65 bits per heavy atom. The number of methoxy groups -OCH3 is 1. The normalized spacial score (nSPS) is 23.1. The molecule has 7 heteroatoms. The lowest BCUT2D eigenvalue weighted by Gasteiger charge is -2.19. The van der Waals surface area contributed by atoms with E-state index < -0.39 is 23.6 Å². The highest BCUT2D eigenvalue weighted by Gasteiger charge is 2.36. The summed E-state index contributed by atoms with van der Waals surface area (Å²) in [7, 11) is 1.20. The molecule has 0 aromatic carbocycles. The number of amides is 1. The van der Waals surface area contributed by atoms with Crippen LogP contribution in [0, 0.1) is 0 Å². The van der Waals surface area contributed by atoms with Gasteiger partial charge < -0.3 is 19.5 Å². The van der Waals surface area contributed by atoms with Crippen LogP contribution in [0.15, 0.2) is 12.2 Å². The van der Waals surface area contributed by atoms with Crippen LogP contribution in [0.1, 0.15) is 6.92 Å². The maximum absolute atomic E-state index is 11.2. The molecule has 1 N–H and O–H groups in total. The van der Waals surface area contributed by atoms with Gasteiger partial charge in [-0.25, -0.2) is 14.4 Å². The van der Waals surface area contributed by atoms with Gasteiger partial charge in [-0.1, -0.05) is 0 Å². The summed E-state index contributed by atoms with van der Waals surface area (Å²) in [5, 5.41) is 2.51. The van der Waals surface area contributed by atoms with Crippen molar-refractivity contribution >= 4 is 18.0 Å². The summed E-state index contributed by atoms with van der Waals surface area (Å²) >= 11 is 0. The van der Waals surface area contributed by atoms with Crippen LogP contribution in [0.2, 0.25) is 0 Å². The minimum atomic E-state index is -0.730. The van der Waals surface area contributed by atoms with Gasteiger partial charge in [0.05, 0.1) is 7.11 Å². The molecule has 7 nitrogen and oxygen atoms in total. The van der Waals surface area contributed by atoms with E-state index in [0.29, 0.717) is 0 Å². The average Bonchev–Trinajstić information content (AvgIpc) is 2.64. The fourth-order valence-corrected chi connectivity index (χ4v) is 1.10. The van der Waals surface area contributed by atoms with E-state index >= 15 is 0 Å². The first-order valence-corrected chi connectivity index (χ1v) is 4.83. The zero-order valence-corrected chi connectivity index (χ0v) is 9.52. The largest absolute Gasteiger partial charge is 0.466 e. The van der Waals surface area contributed by atoms with Gasteiger partial charge in [0.15, 0.2) is 0 Å². The number of nitrogens with one attached hydrogen (secondary N) is 1. The van der Waals surface area contributed by atoms with E-state index in [1.54, 1.807) is 6.92 Å². The molecule has 0 saturated carbocycles. The quantitative estimate of drug-likeness (QED) is 0.416. The Bertz CT molecular complexity index is 364. The van der Waals surface area contributed by atoms with Crippen LogP contribution >= 0.6 is 0 Å². The van der Waals surface area contributed by atoms with Crippen LogP contribution < -0.4 is 5.32 Å². The van der Waals surface area contributed by atoms with Crippen LogP contribution in [0.4, 0.5) is 4.79 Å². The Hall–Kier alpha value is -2.05. The Kier molecular flexibility index (Phi) is 4.08. The smallest absolute Gasteiger partial charge is 0.407 e. The number of carbonyl (C=O) groups excluding carboxylic acids is 3. The van der Waals surface area contributed by atoms with Crippen LogP contribution in [0.5, 0.6) is 0 Å². The lowest BCUT2D eigenvalue weighted by molar-refractivity contribution is -0.140. The number of ether oxygens (including phenoxy) is 3. The van der Waals surface area contributed by atoms with Crippen molar-refractivity contribution in [3.05, 3.63) is 12.2 Å². The second kappa shape index (κ2) is 5.33. The summed E-state index contributed by atoms with van der Waals surface area (Å²) in [4.78, 5) is 32.7. The standard InChI is InChI=1S/C10H13NO6/c1-10(6-17-9(14)11-10)5-16-8(13)4-3-7(12)15-2/h3-4H,5-6H2,1-2H3,(H,11,14)/b4-3+. The van der Waals surface area contributed by atoms with Gasteiger partial charge in [0, 0.05) is 12.2 Å². The number of cyclic esters (lactones) is 1. The number of carbonyl (C=O) groups is 3. The third-order valence-corrected chi connectivity index (χ3v) is 2.02. The van der Waals surface area contributed by atoms with Crippen molar-refractivity contribution in [1.29, 1.82) is 0 Å². The molecule has 1 atom stereocenters. The number of rotatable bonds is 4. The van der Waals surface area contributed by atoms with Gasteiger partial charge in [-0.3, -0.25) is 0 Å². The molecule has 1 rings (SSSR count). The molecular formula is C10H13NO6. The van der Waals surface area contributed by atoms with Gasteiger partial charge in [0.25, 0.3) is 0 Å². The summed E-state index contributed by atoms with van der Waals surface area (Å²) in [6.45, 7) is 1.76. The monoisotopic (exact) mass is 243 g/mol. The molecule has 1 saturated heterocycles. The van der Waals surface area contributed by atoms with Crippen molar-refractivity contribution < 1.29 is 28.6 Å². The van der Waals surface area contributed by atoms with Crippen LogP contribution in [0.3, 0.4) is 0 Å². The summed E-state index contributed by atoms with van der Waals surface area (Å²) < 4.78 is 13.8. The maximum atomic E-state index is 11.2. The van der Waals surface area contributed by atoms with Crippen molar-refractivity contribution in [2.45, 2.75) is 12.5 Å². The Morgan fingerprint density at radius 2 is 2.12 bits per heavy atom. The predicted octanol–water partition coefficient (Wildman–Crippen LogP) is -0.243. The molecule has 17 heavy (non-hydrogen) atoms. The maximum Gasteiger partial charge on any atom is 0.407 e. The Balaban J connectivity index is 2.36. The second-order valence-electron chi connectivity index (χ2n) is 3.73. The van der Waals surface area contributed by atoms with Crippen LogP contribution in [-0.2, 0) is 23.8 Å². The Morgan fingerprint density at radius 1 is 1.47 bits per heavy atom. The number of esters is 2. The fourth-order valence-electron chi connectivity index (χ4n) is 1.10. The van der Waals surface area contributed by atoms with E-state index in [-0.39, 0.29) is 13.2 Å². The van der Waals surface area contributed by atoms with E-state index in [2.05, 4.69) is 14.8 Å². The first kappa shape index (κ1) is 13.0. The molecule has 0 aliphatic carbocycles. The summed E-state index contributed by atoms with van der Waals surface area (Å²) in [5.41, 5.74) is -0.730. The van der Waals surface area contributed by atoms with Crippen molar-refractivity contribution in [3.8, 4) is 0 Å². The summed E-state index contributed by atoms with van der Waals surface area (Å²) in [6, 6.07) is 0. The topological polar surface area (TPSA) is 90.9 Å². The van der Waals surface area contributed by atoms with E-state index in [9.17, 15) is 14.4 Å². The first-order chi connectivity index (χ1) is 7.95. The van der Waals surface area contributed by atoms with E-state index in [1.807, 2.05) is 0 Å². The molecule has 1 fully saturated rings. The van der Waals surface area contributed by atoms with Gasteiger partial charge in [-0.05, 0) is 6.92 Å². The molecule has 0 radical (unpaired) electrons. The molecule has 1 amide bonds.